The molecule has 2 aromatic rings. The molecule has 0 saturated heterocycles. The van der Waals surface area contributed by atoms with Crippen LogP contribution in [0.4, 0.5) is 0 Å². The van der Waals surface area contributed by atoms with Crippen molar-refractivity contribution in [2.75, 3.05) is 0 Å². The van der Waals surface area contributed by atoms with E-state index in [1.54, 1.807) is 0 Å². The van der Waals surface area contributed by atoms with Crippen LogP contribution in [-0.2, 0) is 24.7 Å². The van der Waals surface area contributed by atoms with Crippen LogP contribution in [0.25, 0.3) is 0 Å². The Morgan fingerprint density at radius 3 is 2.00 bits per heavy atom. The van der Waals surface area contributed by atoms with Crippen molar-refractivity contribution in [1.29, 1.82) is 0 Å². The summed E-state index contributed by atoms with van der Waals surface area (Å²) in [5.74, 6) is 1.79. The Kier molecular flexibility index (Phi) is 7.75. The number of hydrogen-bond acceptors (Lipinski definition) is 1. The van der Waals surface area contributed by atoms with Crippen LogP contribution in [0, 0.1) is 0 Å². The molecule has 0 heterocycles. The molecule has 4 heteroatoms. The van der Waals surface area contributed by atoms with Crippen LogP contribution in [0.3, 0.4) is 0 Å². The first-order chi connectivity index (χ1) is 6.84. The van der Waals surface area contributed by atoms with Crippen LogP contribution >= 0.6 is 24.8 Å². The molecule has 0 aliphatic carbocycles. The van der Waals surface area contributed by atoms with E-state index in [0.29, 0.717) is 0 Å². The first kappa shape index (κ1) is 15.7. The van der Waals surface area contributed by atoms with E-state index in [1.807, 2.05) is 42.5 Å². The molecule has 16 heavy (non-hydrogen) atoms. The standard InChI is InChI=1S/C12H9O.2ClH.Zr/c1-3-7-11(8-4-1)13-12-9-5-2-6-10-12;;;/h1-5,7-10H;2*1H;. The van der Waals surface area contributed by atoms with Gasteiger partial charge in [0.2, 0.25) is 0 Å². The second-order valence-electron chi connectivity index (χ2n) is 2.94. The third-order valence-corrected chi connectivity index (χ3v) is 2.58. The molecule has 0 aromatic heterocycles. The molecular weight excluding hydrogens is 322 g/mol. The second-order valence-corrected chi connectivity index (χ2v) is 4.36. The van der Waals surface area contributed by atoms with E-state index >= 15 is 0 Å². The van der Waals surface area contributed by atoms with Crippen molar-refractivity contribution in [3.05, 3.63) is 54.6 Å². The van der Waals surface area contributed by atoms with Crippen molar-refractivity contribution < 1.29 is 29.5 Å². The number of rotatable bonds is 2. The fourth-order valence-electron chi connectivity index (χ4n) is 1.18. The molecule has 0 amide bonds. The van der Waals surface area contributed by atoms with Gasteiger partial charge in [-0.1, -0.05) is 0 Å². The van der Waals surface area contributed by atoms with Crippen LogP contribution in [0.2, 0.25) is 0 Å². The van der Waals surface area contributed by atoms with Gasteiger partial charge in [0.1, 0.15) is 0 Å². The Morgan fingerprint density at radius 2 is 1.38 bits per heavy atom. The molecule has 0 atom stereocenters. The predicted molar refractivity (Wildman–Crippen MR) is 67.1 cm³/mol. The maximum atomic E-state index is 5.67. The van der Waals surface area contributed by atoms with Crippen LogP contribution in [0.1, 0.15) is 0 Å². The van der Waals surface area contributed by atoms with E-state index < -0.39 is 0 Å². The van der Waals surface area contributed by atoms with Crippen LogP contribution < -0.4 is 8.01 Å². The van der Waals surface area contributed by atoms with E-state index in [4.69, 9.17) is 4.74 Å². The molecule has 0 aliphatic heterocycles. The fourth-order valence-corrected chi connectivity index (χ4v) is 1.77. The van der Waals surface area contributed by atoms with Crippen molar-refractivity contribution in [3.63, 3.8) is 0 Å². The van der Waals surface area contributed by atoms with E-state index in [-0.39, 0.29) is 24.8 Å². The average Bonchev–Trinajstić information content (AvgIpc) is 2.19. The van der Waals surface area contributed by atoms with E-state index in [9.17, 15) is 0 Å². The van der Waals surface area contributed by atoms with Crippen molar-refractivity contribution in [2.24, 2.45) is 0 Å². The first-order valence-electron chi connectivity index (χ1n) is 4.39. The van der Waals surface area contributed by atoms with Gasteiger partial charge in [-0.3, -0.25) is 0 Å². The summed E-state index contributed by atoms with van der Waals surface area (Å²) in [6.45, 7) is 0. The summed E-state index contributed by atoms with van der Waals surface area (Å²) in [5.41, 5.74) is 0. The predicted octanol–water partition coefficient (Wildman–Crippen LogP) is 3.49. The molecule has 1 nitrogen and oxygen atoms in total. The number of hydrogen-bond donors (Lipinski definition) is 0. The van der Waals surface area contributed by atoms with Crippen molar-refractivity contribution >= 4 is 28.1 Å². The Hall–Kier alpha value is -0.297. The molecule has 0 bridgehead atoms. The minimum atomic E-state index is 0. The zero-order valence-electron chi connectivity index (χ0n) is 8.42. The quantitative estimate of drug-likeness (QED) is 0.817. The van der Waals surface area contributed by atoms with E-state index in [2.05, 4.69) is 12.1 Å². The second kappa shape index (κ2) is 7.89. The van der Waals surface area contributed by atoms with Gasteiger partial charge in [0, 0.05) is 0 Å². The SMILES string of the molecule is Cl.Cl.[Zr][c]1cccc(Oc2ccccc2)c1. The molecule has 0 spiro atoms. The number of para-hydroxylation sites is 1. The normalized spacial score (nSPS) is 8.44. The third kappa shape index (κ3) is 4.69. The summed E-state index contributed by atoms with van der Waals surface area (Å²) < 4.78 is 6.97. The Balaban J connectivity index is 0.00000112. The van der Waals surface area contributed by atoms with Gasteiger partial charge in [-0.25, -0.2) is 0 Å². The zero-order chi connectivity index (χ0) is 9.80. The molecule has 2 aromatic carbocycles. The molecule has 0 aliphatic rings. The van der Waals surface area contributed by atoms with Crippen LogP contribution in [0.15, 0.2) is 54.6 Å². The average molecular weight is 333 g/mol. The van der Waals surface area contributed by atoms with Crippen LogP contribution in [0.5, 0.6) is 11.5 Å². The number of benzene rings is 2. The van der Waals surface area contributed by atoms with Gasteiger partial charge < -0.3 is 0 Å². The summed E-state index contributed by atoms with van der Waals surface area (Å²) in [6.07, 6.45) is 0. The van der Waals surface area contributed by atoms with Crippen molar-refractivity contribution in [3.8, 4) is 11.5 Å². The Bertz CT molecular complexity index is 420. The molecular formula is C12H11Cl2OZr. The minimum absolute atomic E-state index is 0. The molecule has 83 valence electrons. The maximum absolute atomic E-state index is 5.67. The molecule has 0 saturated carbocycles. The summed E-state index contributed by atoms with van der Waals surface area (Å²) >= 11 is 1.41. The molecule has 0 N–H and O–H groups in total. The van der Waals surface area contributed by atoms with Gasteiger partial charge >= 0.3 is 98.8 Å². The van der Waals surface area contributed by atoms with Gasteiger partial charge in [0.25, 0.3) is 0 Å². The Labute approximate surface area is 123 Å². The molecule has 0 fully saturated rings. The van der Waals surface area contributed by atoms with Gasteiger partial charge in [0.05, 0.1) is 0 Å². The summed E-state index contributed by atoms with van der Waals surface area (Å²) in [4.78, 5) is 0. The molecule has 2 rings (SSSR count). The van der Waals surface area contributed by atoms with Gasteiger partial charge in [-0.05, 0) is 0 Å². The monoisotopic (exact) mass is 331 g/mol. The Morgan fingerprint density at radius 1 is 0.750 bits per heavy atom. The summed E-state index contributed by atoms with van der Waals surface area (Å²) in [5, 5.41) is 0. The van der Waals surface area contributed by atoms with Crippen LogP contribution in [-0.4, -0.2) is 0 Å². The van der Waals surface area contributed by atoms with Gasteiger partial charge in [-0.15, -0.1) is 24.8 Å². The van der Waals surface area contributed by atoms with Gasteiger partial charge in [-0.2, -0.15) is 0 Å². The molecule has 0 unspecified atom stereocenters. The van der Waals surface area contributed by atoms with E-state index in [0.717, 1.165) is 11.5 Å². The van der Waals surface area contributed by atoms with Gasteiger partial charge in [0.15, 0.2) is 0 Å². The summed E-state index contributed by atoms with van der Waals surface area (Å²) in [7, 11) is 0. The summed E-state index contributed by atoms with van der Waals surface area (Å²) in [6, 6.07) is 18.0. The number of halogens is 2. The molecule has 0 radical (unpaired) electrons. The first-order valence-corrected chi connectivity index (χ1v) is 5.62. The van der Waals surface area contributed by atoms with Crippen molar-refractivity contribution in [1.82, 2.24) is 0 Å². The zero-order valence-corrected chi connectivity index (χ0v) is 12.5. The third-order valence-electron chi connectivity index (χ3n) is 1.81. The topological polar surface area (TPSA) is 9.23 Å². The fraction of sp³-hybridized carbons (Fsp3) is 0. The van der Waals surface area contributed by atoms with Crippen molar-refractivity contribution in [2.45, 2.75) is 0 Å². The van der Waals surface area contributed by atoms with E-state index in [1.165, 1.54) is 28.0 Å². The number of ether oxygens (including phenoxy) is 1.